The van der Waals surface area contributed by atoms with E-state index in [4.69, 9.17) is 9.47 Å². The zero-order valence-electron chi connectivity index (χ0n) is 18.0. The van der Waals surface area contributed by atoms with Gasteiger partial charge in [-0.3, -0.25) is 0 Å². The second-order valence-electron chi connectivity index (χ2n) is 8.84. The number of allylic oxidation sites excluding steroid dienone is 4. The fourth-order valence-electron chi connectivity index (χ4n) is 3.93. The highest BCUT2D eigenvalue weighted by molar-refractivity contribution is 6.96. The van der Waals surface area contributed by atoms with E-state index in [0.29, 0.717) is 0 Å². The number of hydrogen-bond donors (Lipinski definition) is 0. The first-order chi connectivity index (χ1) is 12.2. The number of unbranched alkanes of at least 4 members (excludes halogenated alkanes) is 1. The van der Waals surface area contributed by atoms with Crippen molar-refractivity contribution in [2.24, 2.45) is 0 Å². The van der Waals surface area contributed by atoms with Crippen LogP contribution in [0.15, 0.2) is 35.1 Å². The summed E-state index contributed by atoms with van der Waals surface area (Å²) in [5.74, 6) is 2.00. The second-order valence-corrected chi connectivity index (χ2v) is 13.2. The first kappa shape index (κ1) is 20.8. The van der Waals surface area contributed by atoms with Crippen molar-refractivity contribution in [3.05, 3.63) is 40.6 Å². The quantitative estimate of drug-likeness (QED) is 0.555. The van der Waals surface area contributed by atoms with Gasteiger partial charge in [-0.15, -0.1) is 0 Å². The summed E-state index contributed by atoms with van der Waals surface area (Å²) in [6.07, 6.45) is 9.48. The molecule has 1 aromatic carbocycles. The Balaban J connectivity index is 2.65. The molecule has 0 saturated carbocycles. The molecule has 1 aliphatic rings. The highest BCUT2D eigenvalue weighted by Gasteiger charge is 2.36. The highest BCUT2D eigenvalue weighted by atomic mass is 28.3. The lowest BCUT2D eigenvalue weighted by Gasteiger charge is -2.32. The minimum Gasteiger partial charge on any atom is -0.497 e. The van der Waals surface area contributed by atoms with Crippen LogP contribution in [0.4, 0.5) is 0 Å². The number of hydrogen-bond acceptors (Lipinski definition) is 2. The van der Waals surface area contributed by atoms with Crippen molar-refractivity contribution in [1.29, 1.82) is 0 Å². The Morgan fingerprint density at radius 1 is 1.08 bits per heavy atom. The van der Waals surface area contributed by atoms with Crippen molar-refractivity contribution in [2.45, 2.75) is 71.9 Å². The minimum absolute atomic E-state index is 0.00641. The molecule has 0 bridgehead atoms. The molecule has 1 aromatic rings. The van der Waals surface area contributed by atoms with Crippen LogP contribution in [0.1, 0.15) is 58.9 Å². The van der Waals surface area contributed by atoms with Crippen molar-refractivity contribution in [3.8, 4) is 11.5 Å². The van der Waals surface area contributed by atoms with E-state index in [1.165, 1.54) is 30.0 Å². The van der Waals surface area contributed by atoms with Crippen LogP contribution in [0.2, 0.25) is 13.1 Å². The number of methoxy groups -OCH3 is 2. The van der Waals surface area contributed by atoms with E-state index in [1.807, 2.05) is 7.11 Å². The van der Waals surface area contributed by atoms with Crippen LogP contribution in [0, 0.1) is 0 Å². The van der Waals surface area contributed by atoms with Crippen molar-refractivity contribution in [1.82, 2.24) is 0 Å². The summed E-state index contributed by atoms with van der Waals surface area (Å²) in [6, 6.07) is 4.37. The molecule has 26 heavy (non-hydrogen) atoms. The third-order valence-corrected chi connectivity index (χ3v) is 9.32. The summed E-state index contributed by atoms with van der Waals surface area (Å²) in [5.41, 5.74) is 2.80. The van der Waals surface area contributed by atoms with E-state index in [9.17, 15) is 0 Å². The van der Waals surface area contributed by atoms with Crippen molar-refractivity contribution < 1.29 is 9.47 Å². The first-order valence-electron chi connectivity index (χ1n) is 9.82. The van der Waals surface area contributed by atoms with Gasteiger partial charge in [0.2, 0.25) is 0 Å². The summed E-state index contributed by atoms with van der Waals surface area (Å²) < 4.78 is 11.7. The molecule has 0 spiro atoms. The lowest BCUT2D eigenvalue weighted by atomic mass is 9.86. The zero-order chi connectivity index (χ0) is 19.5. The van der Waals surface area contributed by atoms with E-state index in [-0.39, 0.29) is 5.41 Å². The summed E-state index contributed by atoms with van der Waals surface area (Å²) >= 11 is 0. The van der Waals surface area contributed by atoms with Crippen molar-refractivity contribution in [3.63, 3.8) is 0 Å². The highest BCUT2D eigenvalue weighted by Crippen LogP contribution is 2.38. The molecular formula is C23H36O2Si. The molecule has 3 heteroatoms. The normalized spacial score (nSPS) is 14.9. The van der Waals surface area contributed by atoms with Gasteiger partial charge in [0.15, 0.2) is 0 Å². The maximum absolute atomic E-state index is 6.00. The lowest BCUT2D eigenvalue weighted by molar-refractivity contribution is 0.391. The average molecular weight is 373 g/mol. The molecule has 1 aliphatic carbocycles. The third kappa shape index (κ3) is 4.09. The molecule has 0 aromatic heterocycles. The largest absolute Gasteiger partial charge is 0.497 e. The van der Waals surface area contributed by atoms with Crippen molar-refractivity contribution >= 4 is 13.3 Å². The summed E-state index contributed by atoms with van der Waals surface area (Å²) in [4.78, 5) is 0. The number of benzene rings is 1. The van der Waals surface area contributed by atoms with E-state index in [1.54, 1.807) is 17.9 Å². The molecule has 0 atom stereocenters. The van der Waals surface area contributed by atoms with Crippen LogP contribution < -0.4 is 14.7 Å². The van der Waals surface area contributed by atoms with Gasteiger partial charge < -0.3 is 9.47 Å². The van der Waals surface area contributed by atoms with Gasteiger partial charge in [0.05, 0.1) is 14.2 Å². The molecule has 2 nitrogen and oxygen atoms in total. The molecule has 2 rings (SSSR count). The van der Waals surface area contributed by atoms with Gasteiger partial charge in [0.1, 0.15) is 19.6 Å². The van der Waals surface area contributed by atoms with Crippen LogP contribution in [0.3, 0.4) is 0 Å². The summed E-state index contributed by atoms with van der Waals surface area (Å²) in [5, 5.41) is 3.01. The Hall–Kier alpha value is -1.48. The molecule has 0 amide bonds. The van der Waals surface area contributed by atoms with Gasteiger partial charge in [-0.05, 0) is 42.0 Å². The Morgan fingerprint density at radius 3 is 2.31 bits per heavy atom. The monoisotopic (exact) mass is 372 g/mol. The topological polar surface area (TPSA) is 18.5 Å². The van der Waals surface area contributed by atoms with Crippen molar-refractivity contribution in [2.75, 3.05) is 14.2 Å². The fraction of sp³-hybridized carbons (Fsp3) is 0.565. The fourth-order valence-corrected chi connectivity index (χ4v) is 7.20. The predicted molar refractivity (Wildman–Crippen MR) is 116 cm³/mol. The van der Waals surface area contributed by atoms with Crippen LogP contribution in [0.5, 0.6) is 11.5 Å². The van der Waals surface area contributed by atoms with Gasteiger partial charge in [-0.1, -0.05) is 70.1 Å². The van der Waals surface area contributed by atoms with E-state index < -0.39 is 8.07 Å². The predicted octanol–water partition coefficient (Wildman–Crippen LogP) is 5.90. The van der Waals surface area contributed by atoms with E-state index >= 15 is 0 Å². The van der Waals surface area contributed by atoms with E-state index in [0.717, 1.165) is 17.9 Å². The maximum atomic E-state index is 6.00. The molecule has 0 N–H and O–H groups in total. The molecule has 0 unspecified atom stereocenters. The second kappa shape index (κ2) is 8.04. The Labute approximate surface area is 161 Å². The zero-order valence-corrected chi connectivity index (χ0v) is 19.0. The van der Waals surface area contributed by atoms with Crippen LogP contribution >= 0.6 is 0 Å². The average Bonchev–Trinajstić information content (AvgIpc) is 3.07. The molecule has 144 valence electrons. The van der Waals surface area contributed by atoms with Gasteiger partial charge >= 0.3 is 0 Å². The SMILES string of the molecule is CCCCC1=C([Si](C)(C)c2cc(OC)cc(C(C)(C)C)c2OC)CC=C1. The number of ether oxygens (including phenoxy) is 2. The third-order valence-electron chi connectivity index (χ3n) is 5.57. The van der Waals surface area contributed by atoms with Crippen LogP contribution in [0.25, 0.3) is 0 Å². The molecule has 0 radical (unpaired) electrons. The smallest absolute Gasteiger partial charge is 0.122 e. The molecule has 0 heterocycles. The number of rotatable bonds is 7. The summed E-state index contributed by atoms with van der Waals surface area (Å²) in [7, 11) is 1.70. The Bertz CT molecular complexity index is 706. The standard InChI is InChI=1S/C23H36O2Si/c1-9-10-12-17-13-11-14-20(17)26(7,8)21-16-18(24-5)15-19(22(21)25-6)23(2,3)4/h11,13,15-16H,9-10,12,14H2,1-8H3. The van der Waals surface area contributed by atoms with Gasteiger partial charge in [-0.25, -0.2) is 0 Å². The minimum atomic E-state index is -1.87. The van der Waals surface area contributed by atoms with Gasteiger partial charge in [0.25, 0.3) is 0 Å². The van der Waals surface area contributed by atoms with Crippen LogP contribution in [-0.4, -0.2) is 22.3 Å². The first-order valence-corrected chi connectivity index (χ1v) is 12.8. The lowest BCUT2D eigenvalue weighted by Crippen LogP contribution is -2.45. The molecule has 0 aliphatic heterocycles. The molecular weight excluding hydrogens is 336 g/mol. The van der Waals surface area contributed by atoms with Gasteiger partial charge in [0, 0.05) is 5.56 Å². The van der Waals surface area contributed by atoms with Gasteiger partial charge in [-0.2, -0.15) is 0 Å². The Kier molecular flexibility index (Phi) is 6.44. The van der Waals surface area contributed by atoms with E-state index in [2.05, 4.69) is 65.1 Å². The molecule has 0 fully saturated rings. The molecule has 0 saturated heterocycles. The summed E-state index contributed by atoms with van der Waals surface area (Å²) in [6.45, 7) is 13.9. The Morgan fingerprint density at radius 2 is 1.77 bits per heavy atom. The maximum Gasteiger partial charge on any atom is 0.122 e. The van der Waals surface area contributed by atoms with Crippen LogP contribution in [-0.2, 0) is 5.41 Å².